The van der Waals surface area contributed by atoms with Gasteiger partial charge in [-0.05, 0) is 13.8 Å². The number of piperazine rings is 1. The molecule has 7 heteroatoms. The Morgan fingerprint density at radius 1 is 1.19 bits per heavy atom. The normalized spacial score (nSPS) is 18.5. The Hall–Kier alpha value is -0.820. The van der Waals surface area contributed by atoms with E-state index in [1.54, 1.807) is 11.8 Å². The summed E-state index contributed by atoms with van der Waals surface area (Å²) in [5, 5.41) is 2.70. The maximum atomic E-state index is 11.6. The van der Waals surface area contributed by atoms with Crippen LogP contribution in [0.4, 0.5) is 4.79 Å². The SMILES string of the molecule is CCNC(=O)N1CCN(S(=O)(=O)CC)CC1. The van der Waals surface area contributed by atoms with Crippen LogP contribution in [0, 0.1) is 0 Å². The predicted octanol–water partition coefficient (Wildman–Crippen LogP) is -0.317. The third-order valence-electron chi connectivity index (χ3n) is 2.61. The topological polar surface area (TPSA) is 69.7 Å². The van der Waals surface area contributed by atoms with Gasteiger partial charge in [-0.3, -0.25) is 0 Å². The zero-order valence-electron chi connectivity index (χ0n) is 9.77. The van der Waals surface area contributed by atoms with Gasteiger partial charge in [0.15, 0.2) is 0 Å². The molecule has 1 aliphatic heterocycles. The number of nitrogens with one attached hydrogen (secondary N) is 1. The van der Waals surface area contributed by atoms with Crippen molar-refractivity contribution < 1.29 is 13.2 Å². The minimum absolute atomic E-state index is 0.115. The highest BCUT2D eigenvalue weighted by Gasteiger charge is 2.27. The zero-order valence-corrected chi connectivity index (χ0v) is 10.6. The molecule has 16 heavy (non-hydrogen) atoms. The van der Waals surface area contributed by atoms with Gasteiger partial charge >= 0.3 is 6.03 Å². The highest BCUT2D eigenvalue weighted by Crippen LogP contribution is 2.07. The fourth-order valence-electron chi connectivity index (χ4n) is 1.61. The van der Waals surface area contributed by atoms with Gasteiger partial charge in [-0.25, -0.2) is 13.2 Å². The minimum Gasteiger partial charge on any atom is -0.338 e. The van der Waals surface area contributed by atoms with Gasteiger partial charge in [0.05, 0.1) is 5.75 Å². The molecule has 6 nitrogen and oxygen atoms in total. The van der Waals surface area contributed by atoms with Crippen molar-refractivity contribution in [3.63, 3.8) is 0 Å². The summed E-state index contributed by atoms with van der Waals surface area (Å²) in [4.78, 5) is 13.1. The van der Waals surface area contributed by atoms with Crippen LogP contribution in [-0.4, -0.2) is 62.1 Å². The number of rotatable bonds is 3. The second kappa shape index (κ2) is 5.49. The fraction of sp³-hybridized carbons (Fsp3) is 0.889. The highest BCUT2D eigenvalue weighted by atomic mass is 32.2. The summed E-state index contributed by atoms with van der Waals surface area (Å²) in [5.41, 5.74) is 0. The van der Waals surface area contributed by atoms with Gasteiger partial charge in [0.2, 0.25) is 10.0 Å². The third kappa shape index (κ3) is 3.08. The Balaban J connectivity index is 2.49. The van der Waals surface area contributed by atoms with E-state index in [-0.39, 0.29) is 11.8 Å². The molecule has 0 saturated carbocycles. The number of nitrogens with zero attached hydrogens (tertiary/aromatic N) is 2. The van der Waals surface area contributed by atoms with Gasteiger partial charge in [-0.15, -0.1) is 0 Å². The van der Waals surface area contributed by atoms with Crippen LogP contribution in [0.2, 0.25) is 0 Å². The van der Waals surface area contributed by atoms with E-state index in [4.69, 9.17) is 0 Å². The maximum Gasteiger partial charge on any atom is 0.317 e. The number of sulfonamides is 1. The standard InChI is InChI=1S/C9H19N3O3S/c1-3-10-9(13)11-5-7-12(8-6-11)16(14,15)4-2/h3-8H2,1-2H3,(H,10,13). The Kier molecular flexibility index (Phi) is 4.55. The molecule has 94 valence electrons. The van der Waals surface area contributed by atoms with Crippen molar-refractivity contribution in [2.75, 3.05) is 38.5 Å². The van der Waals surface area contributed by atoms with Crippen LogP contribution in [0.15, 0.2) is 0 Å². The van der Waals surface area contributed by atoms with Crippen LogP contribution in [0.25, 0.3) is 0 Å². The van der Waals surface area contributed by atoms with E-state index in [9.17, 15) is 13.2 Å². The molecule has 2 amide bonds. The van der Waals surface area contributed by atoms with Gasteiger partial charge < -0.3 is 10.2 Å². The van der Waals surface area contributed by atoms with Crippen molar-refractivity contribution in [1.29, 1.82) is 0 Å². The molecule has 0 aromatic heterocycles. The van der Waals surface area contributed by atoms with E-state index in [1.165, 1.54) is 4.31 Å². The molecule has 0 aliphatic carbocycles. The lowest BCUT2D eigenvalue weighted by molar-refractivity contribution is 0.173. The molecule has 0 bridgehead atoms. The molecule has 0 spiro atoms. The quantitative estimate of drug-likeness (QED) is 0.745. The molecule has 0 aromatic carbocycles. The summed E-state index contributed by atoms with van der Waals surface area (Å²) in [7, 11) is -3.11. The Morgan fingerprint density at radius 3 is 2.19 bits per heavy atom. The number of hydrogen-bond donors (Lipinski definition) is 1. The van der Waals surface area contributed by atoms with Gasteiger partial charge in [-0.1, -0.05) is 0 Å². The first-order chi connectivity index (χ1) is 7.51. The highest BCUT2D eigenvalue weighted by molar-refractivity contribution is 7.89. The lowest BCUT2D eigenvalue weighted by atomic mass is 10.4. The van der Waals surface area contributed by atoms with Crippen molar-refractivity contribution in [1.82, 2.24) is 14.5 Å². The summed E-state index contributed by atoms with van der Waals surface area (Å²) < 4.78 is 24.6. The van der Waals surface area contributed by atoms with Gasteiger partial charge in [-0.2, -0.15) is 4.31 Å². The van der Waals surface area contributed by atoms with Crippen molar-refractivity contribution in [3.8, 4) is 0 Å². The van der Waals surface area contributed by atoms with E-state index in [0.29, 0.717) is 32.7 Å². The predicted molar refractivity (Wildman–Crippen MR) is 61.7 cm³/mol. The van der Waals surface area contributed by atoms with Gasteiger partial charge in [0, 0.05) is 32.7 Å². The van der Waals surface area contributed by atoms with Crippen molar-refractivity contribution in [2.45, 2.75) is 13.8 Å². The van der Waals surface area contributed by atoms with Crippen molar-refractivity contribution >= 4 is 16.1 Å². The maximum absolute atomic E-state index is 11.6. The number of carbonyl (C=O) groups is 1. The molecule has 1 rings (SSSR count). The number of urea groups is 1. The van der Waals surface area contributed by atoms with E-state index >= 15 is 0 Å². The van der Waals surface area contributed by atoms with Gasteiger partial charge in [0.1, 0.15) is 0 Å². The average molecular weight is 249 g/mol. The molecule has 1 N–H and O–H groups in total. The molecule has 1 aliphatic rings. The summed E-state index contributed by atoms with van der Waals surface area (Å²) in [5.74, 6) is 0.119. The largest absolute Gasteiger partial charge is 0.338 e. The van der Waals surface area contributed by atoms with Crippen molar-refractivity contribution in [2.24, 2.45) is 0 Å². The summed E-state index contributed by atoms with van der Waals surface area (Å²) in [6.07, 6.45) is 0. The van der Waals surface area contributed by atoms with E-state index in [1.807, 2.05) is 6.92 Å². The molecule has 1 saturated heterocycles. The molecular weight excluding hydrogens is 230 g/mol. The summed E-state index contributed by atoms with van der Waals surface area (Å²) >= 11 is 0. The van der Waals surface area contributed by atoms with Crippen LogP contribution in [-0.2, 0) is 10.0 Å². The van der Waals surface area contributed by atoms with E-state index < -0.39 is 10.0 Å². The molecule has 1 heterocycles. The Labute approximate surface area is 96.6 Å². The van der Waals surface area contributed by atoms with Crippen LogP contribution < -0.4 is 5.32 Å². The monoisotopic (exact) mass is 249 g/mol. The summed E-state index contributed by atoms with van der Waals surface area (Å²) in [6.45, 7) is 5.80. The van der Waals surface area contributed by atoms with Crippen molar-refractivity contribution in [3.05, 3.63) is 0 Å². The molecule has 1 fully saturated rings. The number of carbonyl (C=O) groups excluding carboxylic acids is 1. The molecular formula is C9H19N3O3S. The smallest absolute Gasteiger partial charge is 0.317 e. The summed E-state index contributed by atoms with van der Waals surface area (Å²) in [6, 6.07) is -0.115. The lowest BCUT2D eigenvalue weighted by Gasteiger charge is -2.33. The first-order valence-corrected chi connectivity index (χ1v) is 7.12. The molecule has 0 radical (unpaired) electrons. The fourth-order valence-corrected chi connectivity index (χ4v) is 2.70. The van der Waals surface area contributed by atoms with Crippen LogP contribution in [0.5, 0.6) is 0 Å². The number of hydrogen-bond acceptors (Lipinski definition) is 3. The van der Waals surface area contributed by atoms with E-state index in [0.717, 1.165) is 0 Å². The third-order valence-corrected chi connectivity index (χ3v) is 4.49. The van der Waals surface area contributed by atoms with Crippen LogP contribution in [0.3, 0.4) is 0 Å². The first kappa shape index (κ1) is 13.2. The minimum atomic E-state index is -3.11. The molecule has 0 atom stereocenters. The first-order valence-electron chi connectivity index (χ1n) is 5.51. The lowest BCUT2D eigenvalue weighted by Crippen LogP contribution is -2.53. The Bertz CT molecular complexity index is 334. The van der Waals surface area contributed by atoms with E-state index in [2.05, 4.69) is 5.32 Å². The van der Waals surface area contributed by atoms with Crippen LogP contribution >= 0.6 is 0 Å². The number of amides is 2. The second-order valence-corrected chi connectivity index (χ2v) is 5.88. The zero-order chi connectivity index (χ0) is 12.2. The average Bonchev–Trinajstić information content (AvgIpc) is 2.29. The van der Waals surface area contributed by atoms with Gasteiger partial charge in [0.25, 0.3) is 0 Å². The second-order valence-electron chi connectivity index (χ2n) is 3.62. The molecule has 0 unspecified atom stereocenters. The Morgan fingerprint density at radius 2 is 1.75 bits per heavy atom. The molecule has 0 aromatic rings. The van der Waals surface area contributed by atoms with Crippen LogP contribution in [0.1, 0.15) is 13.8 Å².